The van der Waals surface area contributed by atoms with E-state index in [2.05, 4.69) is 10.3 Å². The Kier molecular flexibility index (Phi) is 5.59. The van der Waals surface area contributed by atoms with Gasteiger partial charge in [0.15, 0.2) is 0 Å². The van der Waals surface area contributed by atoms with Crippen molar-refractivity contribution in [1.29, 1.82) is 0 Å². The van der Waals surface area contributed by atoms with Gasteiger partial charge in [0.1, 0.15) is 0 Å². The standard InChI is InChI=1S/C13H17N3O.2ClH/c17-12-8-13(3-6-14-7-4-13)10-16(12)11-2-1-5-15-9-11;;/h1-2,5,9,14H,3-4,6-8,10H2;2*1H. The van der Waals surface area contributed by atoms with Gasteiger partial charge in [0.05, 0.1) is 11.9 Å². The van der Waals surface area contributed by atoms with Gasteiger partial charge < -0.3 is 10.2 Å². The molecule has 2 saturated heterocycles. The summed E-state index contributed by atoms with van der Waals surface area (Å²) >= 11 is 0. The molecule has 2 aliphatic rings. The van der Waals surface area contributed by atoms with Crippen LogP contribution in [0.2, 0.25) is 0 Å². The second-order valence-electron chi connectivity index (χ2n) is 5.12. The van der Waals surface area contributed by atoms with Crippen LogP contribution in [0.5, 0.6) is 0 Å². The first-order valence-electron chi connectivity index (χ1n) is 6.20. The summed E-state index contributed by atoms with van der Waals surface area (Å²) in [6.45, 7) is 2.93. The van der Waals surface area contributed by atoms with Crippen molar-refractivity contribution >= 4 is 36.4 Å². The zero-order chi connectivity index (χ0) is 11.7. The van der Waals surface area contributed by atoms with Gasteiger partial charge in [0.25, 0.3) is 0 Å². The molecule has 2 fully saturated rings. The minimum absolute atomic E-state index is 0. The van der Waals surface area contributed by atoms with E-state index in [0.29, 0.717) is 6.42 Å². The van der Waals surface area contributed by atoms with Crippen molar-refractivity contribution in [1.82, 2.24) is 10.3 Å². The number of hydrogen-bond acceptors (Lipinski definition) is 3. The monoisotopic (exact) mass is 303 g/mol. The second kappa shape index (κ2) is 6.55. The molecule has 2 aliphatic heterocycles. The summed E-state index contributed by atoms with van der Waals surface area (Å²) < 4.78 is 0. The first-order chi connectivity index (χ1) is 8.29. The molecule has 0 atom stereocenters. The van der Waals surface area contributed by atoms with Gasteiger partial charge in [-0.2, -0.15) is 0 Å². The van der Waals surface area contributed by atoms with Crippen molar-refractivity contribution in [2.75, 3.05) is 24.5 Å². The summed E-state index contributed by atoms with van der Waals surface area (Å²) in [6.07, 6.45) is 6.43. The van der Waals surface area contributed by atoms with Crippen LogP contribution in [0.15, 0.2) is 24.5 Å². The number of anilines is 1. The van der Waals surface area contributed by atoms with Crippen molar-refractivity contribution in [3.05, 3.63) is 24.5 Å². The first kappa shape index (κ1) is 16.2. The smallest absolute Gasteiger partial charge is 0.227 e. The van der Waals surface area contributed by atoms with Crippen LogP contribution in [-0.2, 0) is 4.79 Å². The van der Waals surface area contributed by atoms with Gasteiger partial charge >= 0.3 is 0 Å². The van der Waals surface area contributed by atoms with Gasteiger partial charge in [-0.05, 0) is 43.5 Å². The molecule has 1 aromatic rings. The van der Waals surface area contributed by atoms with E-state index < -0.39 is 0 Å². The Morgan fingerprint density at radius 3 is 2.63 bits per heavy atom. The molecule has 106 valence electrons. The van der Waals surface area contributed by atoms with Crippen LogP contribution >= 0.6 is 24.8 Å². The fraction of sp³-hybridized carbons (Fsp3) is 0.538. The topological polar surface area (TPSA) is 45.2 Å². The molecule has 1 amide bonds. The summed E-state index contributed by atoms with van der Waals surface area (Å²) in [5.74, 6) is 0.250. The highest BCUT2D eigenvalue weighted by Crippen LogP contribution is 2.40. The minimum Gasteiger partial charge on any atom is -0.317 e. The molecular weight excluding hydrogens is 285 g/mol. The van der Waals surface area contributed by atoms with Crippen LogP contribution < -0.4 is 10.2 Å². The molecule has 1 N–H and O–H groups in total. The number of piperidine rings is 1. The quantitative estimate of drug-likeness (QED) is 0.863. The van der Waals surface area contributed by atoms with Crippen molar-refractivity contribution in [2.45, 2.75) is 19.3 Å². The van der Waals surface area contributed by atoms with Crippen LogP contribution in [0.3, 0.4) is 0 Å². The molecule has 4 nitrogen and oxygen atoms in total. The highest BCUT2D eigenvalue weighted by molar-refractivity contribution is 5.96. The molecular formula is C13H19Cl2N3O. The summed E-state index contributed by atoms with van der Waals surface area (Å²) in [5.41, 5.74) is 1.14. The van der Waals surface area contributed by atoms with Gasteiger partial charge in [0, 0.05) is 19.2 Å². The number of rotatable bonds is 1. The fourth-order valence-electron chi connectivity index (χ4n) is 2.94. The predicted molar refractivity (Wildman–Crippen MR) is 80.2 cm³/mol. The summed E-state index contributed by atoms with van der Waals surface area (Å²) in [4.78, 5) is 18.1. The summed E-state index contributed by atoms with van der Waals surface area (Å²) in [6, 6.07) is 3.85. The second-order valence-corrected chi connectivity index (χ2v) is 5.12. The minimum atomic E-state index is 0. The van der Waals surface area contributed by atoms with E-state index in [4.69, 9.17) is 0 Å². The molecule has 0 unspecified atom stereocenters. The number of amides is 1. The van der Waals surface area contributed by atoms with Crippen molar-refractivity contribution in [2.24, 2.45) is 5.41 Å². The third-order valence-corrected chi connectivity index (χ3v) is 3.94. The Balaban J connectivity index is 0.000000902. The molecule has 0 aromatic carbocycles. The van der Waals surface area contributed by atoms with E-state index >= 15 is 0 Å². The lowest BCUT2D eigenvalue weighted by Crippen LogP contribution is -2.38. The predicted octanol–water partition coefficient (Wildman–Crippen LogP) is 2.03. The fourth-order valence-corrected chi connectivity index (χ4v) is 2.94. The highest BCUT2D eigenvalue weighted by atomic mass is 35.5. The number of nitrogens with one attached hydrogen (secondary N) is 1. The van der Waals surface area contributed by atoms with Crippen LogP contribution in [0.4, 0.5) is 5.69 Å². The van der Waals surface area contributed by atoms with E-state index in [1.165, 1.54) is 0 Å². The maximum atomic E-state index is 12.1. The molecule has 0 aliphatic carbocycles. The number of carbonyl (C=O) groups excluding carboxylic acids is 1. The average Bonchev–Trinajstić information content (AvgIpc) is 2.68. The van der Waals surface area contributed by atoms with Crippen molar-refractivity contribution in [3.63, 3.8) is 0 Å². The number of nitrogens with zero attached hydrogens (tertiary/aromatic N) is 2. The molecule has 3 rings (SSSR count). The van der Waals surface area contributed by atoms with E-state index in [-0.39, 0.29) is 36.1 Å². The van der Waals surface area contributed by atoms with Crippen molar-refractivity contribution < 1.29 is 4.79 Å². The first-order valence-corrected chi connectivity index (χ1v) is 6.20. The van der Waals surface area contributed by atoms with Gasteiger partial charge in [-0.1, -0.05) is 0 Å². The van der Waals surface area contributed by atoms with Crippen molar-refractivity contribution in [3.8, 4) is 0 Å². The molecule has 6 heteroatoms. The molecule has 0 saturated carbocycles. The van der Waals surface area contributed by atoms with Gasteiger partial charge in [-0.15, -0.1) is 24.8 Å². The lowest BCUT2D eigenvalue weighted by molar-refractivity contribution is -0.117. The number of carbonyl (C=O) groups is 1. The molecule has 0 radical (unpaired) electrons. The van der Waals surface area contributed by atoms with E-state index in [1.54, 1.807) is 12.4 Å². The number of aromatic nitrogens is 1. The Bertz CT molecular complexity index is 421. The third-order valence-electron chi connectivity index (χ3n) is 3.94. The SMILES string of the molecule is Cl.Cl.O=C1CC2(CCNCC2)CN1c1cccnc1. The number of hydrogen-bond donors (Lipinski definition) is 1. The zero-order valence-corrected chi connectivity index (χ0v) is 12.3. The molecule has 0 bridgehead atoms. The van der Waals surface area contributed by atoms with Crippen LogP contribution in [0.1, 0.15) is 19.3 Å². The molecule has 1 spiro atoms. The summed E-state index contributed by atoms with van der Waals surface area (Å²) in [5, 5.41) is 3.36. The van der Waals surface area contributed by atoms with Gasteiger partial charge in [-0.25, -0.2) is 0 Å². The lowest BCUT2D eigenvalue weighted by Gasteiger charge is -2.32. The maximum Gasteiger partial charge on any atom is 0.227 e. The van der Waals surface area contributed by atoms with E-state index in [0.717, 1.165) is 38.2 Å². The lowest BCUT2D eigenvalue weighted by atomic mass is 9.78. The molecule has 3 heterocycles. The Morgan fingerprint density at radius 2 is 2.00 bits per heavy atom. The number of halogens is 2. The summed E-state index contributed by atoms with van der Waals surface area (Å²) in [7, 11) is 0. The normalized spacial score (nSPS) is 20.8. The highest BCUT2D eigenvalue weighted by Gasteiger charge is 2.43. The Morgan fingerprint density at radius 1 is 1.26 bits per heavy atom. The Labute approximate surface area is 125 Å². The molecule has 19 heavy (non-hydrogen) atoms. The number of pyridine rings is 1. The maximum absolute atomic E-state index is 12.1. The van der Waals surface area contributed by atoms with E-state index in [1.807, 2.05) is 17.0 Å². The van der Waals surface area contributed by atoms with Crippen LogP contribution in [-0.4, -0.2) is 30.5 Å². The van der Waals surface area contributed by atoms with Gasteiger partial charge in [0.2, 0.25) is 5.91 Å². The zero-order valence-electron chi connectivity index (χ0n) is 10.7. The Hall–Kier alpha value is -0.840. The molecule has 1 aromatic heterocycles. The third kappa shape index (κ3) is 3.19. The average molecular weight is 304 g/mol. The van der Waals surface area contributed by atoms with Crippen LogP contribution in [0.25, 0.3) is 0 Å². The van der Waals surface area contributed by atoms with Crippen LogP contribution in [0, 0.1) is 5.41 Å². The largest absolute Gasteiger partial charge is 0.317 e. The van der Waals surface area contributed by atoms with Gasteiger partial charge in [-0.3, -0.25) is 9.78 Å². The van der Waals surface area contributed by atoms with E-state index in [9.17, 15) is 4.79 Å².